The molecule has 0 saturated carbocycles. The minimum absolute atomic E-state index is 0.100. The number of hydrogen-bond acceptors (Lipinski definition) is 5. The van der Waals surface area contributed by atoms with Gasteiger partial charge in [0.2, 0.25) is 0 Å². The SMILES string of the molecule is COc1ccc(CCN2C(=O)C(=O)/C(=C(\O)c3ccc4ccccc4c3)C2c2cccc(C)c2)cc1OC. The first-order chi connectivity index (χ1) is 18.4. The Kier molecular flexibility index (Phi) is 6.88. The maximum atomic E-state index is 13.4. The molecule has 1 fully saturated rings. The van der Waals surface area contributed by atoms with Crippen LogP contribution in [0.2, 0.25) is 0 Å². The fourth-order valence-corrected chi connectivity index (χ4v) is 5.08. The number of benzene rings is 4. The third-order valence-electron chi connectivity index (χ3n) is 7.01. The number of rotatable bonds is 7. The standard InChI is InChI=1S/C32H29NO5/c1-20-7-6-10-24(17-20)29-28(30(34)25-13-12-22-8-4-5-9-23(22)19-25)31(35)32(36)33(29)16-15-21-11-14-26(37-2)27(18-21)38-3/h4-14,17-19,29,34H,15-16H2,1-3H3/b30-28-. The Morgan fingerprint density at radius 2 is 1.61 bits per heavy atom. The summed E-state index contributed by atoms with van der Waals surface area (Å²) >= 11 is 0. The van der Waals surface area contributed by atoms with Gasteiger partial charge in [0.15, 0.2) is 11.5 Å². The number of hydrogen-bond donors (Lipinski definition) is 1. The third kappa shape index (κ3) is 4.61. The second-order valence-corrected chi connectivity index (χ2v) is 9.41. The van der Waals surface area contributed by atoms with Gasteiger partial charge in [0.25, 0.3) is 11.7 Å². The molecule has 1 saturated heterocycles. The number of ketones is 1. The van der Waals surface area contributed by atoms with Gasteiger partial charge < -0.3 is 19.5 Å². The van der Waals surface area contributed by atoms with Gasteiger partial charge in [0.05, 0.1) is 25.8 Å². The van der Waals surface area contributed by atoms with Crippen molar-refractivity contribution in [3.63, 3.8) is 0 Å². The zero-order valence-electron chi connectivity index (χ0n) is 21.6. The molecule has 6 nitrogen and oxygen atoms in total. The molecule has 1 atom stereocenters. The van der Waals surface area contributed by atoms with E-state index in [4.69, 9.17) is 9.47 Å². The molecule has 1 aliphatic rings. The maximum Gasteiger partial charge on any atom is 0.295 e. The van der Waals surface area contributed by atoms with Crippen LogP contribution in [0.1, 0.15) is 28.3 Å². The van der Waals surface area contributed by atoms with Crippen LogP contribution in [-0.4, -0.2) is 42.5 Å². The lowest BCUT2D eigenvalue weighted by atomic mass is 9.93. The molecule has 5 rings (SSSR count). The van der Waals surface area contributed by atoms with Crippen molar-refractivity contribution in [3.05, 3.63) is 113 Å². The van der Waals surface area contributed by atoms with Crippen LogP contribution < -0.4 is 9.47 Å². The van der Waals surface area contributed by atoms with Gasteiger partial charge in [-0.05, 0) is 53.4 Å². The van der Waals surface area contributed by atoms with Gasteiger partial charge in [0.1, 0.15) is 5.76 Å². The van der Waals surface area contributed by atoms with E-state index in [0.29, 0.717) is 23.5 Å². The summed E-state index contributed by atoms with van der Waals surface area (Å²) in [6, 6.07) is 25.9. The first kappa shape index (κ1) is 25.1. The van der Waals surface area contributed by atoms with E-state index in [1.807, 2.05) is 85.8 Å². The van der Waals surface area contributed by atoms with Gasteiger partial charge in [-0.3, -0.25) is 9.59 Å². The van der Waals surface area contributed by atoms with Crippen molar-refractivity contribution >= 4 is 28.2 Å². The number of amides is 1. The topological polar surface area (TPSA) is 76.1 Å². The van der Waals surface area contributed by atoms with Gasteiger partial charge in [0, 0.05) is 12.1 Å². The number of nitrogens with zero attached hydrogens (tertiary/aromatic N) is 1. The highest BCUT2D eigenvalue weighted by molar-refractivity contribution is 6.46. The molecule has 1 N–H and O–H groups in total. The van der Waals surface area contributed by atoms with Gasteiger partial charge >= 0.3 is 0 Å². The van der Waals surface area contributed by atoms with E-state index >= 15 is 0 Å². The first-order valence-corrected chi connectivity index (χ1v) is 12.5. The lowest BCUT2D eigenvalue weighted by molar-refractivity contribution is -0.139. The number of ether oxygens (including phenoxy) is 2. The largest absolute Gasteiger partial charge is 0.507 e. The summed E-state index contributed by atoms with van der Waals surface area (Å²) in [6.45, 7) is 2.25. The second-order valence-electron chi connectivity index (χ2n) is 9.41. The summed E-state index contributed by atoms with van der Waals surface area (Å²) in [6.07, 6.45) is 0.492. The highest BCUT2D eigenvalue weighted by Gasteiger charge is 2.45. The molecule has 0 aliphatic carbocycles. The smallest absolute Gasteiger partial charge is 0.295 e. The van der Waals surface area contributed by atoms with Crippen LogP contribution in [0.4, 0.5) is 0 Å². The van der Waals surface area contributed by atoms with Crippen LogP contribution in [0.3, 0.4) is 0 Å². The Morgan fingerprint density at radius 1 is 0.842 bits per heavy atom. The zero-order chi connectivity index (χ0) is 26.8. The Hall–Kier alpha value is -4.58. The number of methoxy groups -OCH3 is 2. The van der Waals surface area contributed by atoms with Gasteiger partial charge in [-0.2, -0.15) is 0 Å². The van der Waals surface area contributed by atoms with Gasteiger partial charge in [-0.1, -0.05) is 72.3 Å². The quantitative estimate of drug-likeness (QED) is 0.194. The number of aryl methyl sites for hydroxylation is 1. The number of carbonyl (C=O) groups is 2. The molecular weight excluding hydrogens is 478 g/mol. The van der Waals surface area contributed by atoms with Crippen LogP contribution in [0.5, 0.6) is 11.5 Å². The summed E-state index contributed by atoms with van der Waals surface area (Å²) in [7, 11) is 3.15. The van der Waals surface area contributed by atoms with Crippen molar-refractivity contribution in [2.75, 3.05) is 20.8 Å². The molecule has 4 aromatic rings. The molecule has 1 aliphatic heterocycles. The zero-order valence-corrected chi connectivity index (χ0v) is 21.6. The Balaban J connectivity index is 1.56. The van der Waals surface area contributed by atoms with E-state index in [2.05, 4.69) is 0 Å². The summed E-state index contributed by atoms with van der Waals surface area (Å²) in [4.78, 5) is 28.3. The monoisotopic (exact) mass is 507 g/mol. The Bertz CT molecular complexity index is 1570. The predicted molar refractivity (Wildman–Crippen MR) is 147 cm³/mol. The molecule has 4 aromatic carbocycles. The van der Waals surface area contributed by atoms with E-state index < -0.39 is 17.7 Å². The summed E-state index contributed by atoms with van der Waals surface area (Å²) in [5.41, 5.74) is 3.31. The van der Waals surface area contributed by atoms with E-state index in [0.717, 1.165) is 27.5 Å². The lowest BCUT2D eigenvalue weighted by Crippen LogP contribution is -2.31. The Labute approximate surface area is 221 Å². The molecule has 0 radical (unpaired) electrons. The van der Waals surface area contributed by atoms with E-state index in [1.165, 1.54) is 0 Å². The van der Waals surface area contributed by atoms with Crippen molar-refractivity contribution in [1.82, 2.24) is 4.90 Å². The molecule has 38 heavy (non-hydrogen) atoms. The van der Waals surface area contributed by atoms with E-state index in [1.54, 1.807) is 25.2 Å². The van der Waals surface area contributed by atoms with Crippen LogP contribution >= 0.6 is 0 Å². The van der Waals surface area contributed by atoms with Gasteiger partial charge in [-0.15, -0.1) is 0 Å². The molecule has 1 heterocycles. The van der Waals surface area contributed by atoms with Crippen LogP contribution in [-0.2, 0) is 16.0 Å². The van der Waals surface area contributed by atoms with Crippen molar-refractivity contribution in [2.45, 2.75) is 19.4 Å². The van der Waals surface area contributed by atoms with Crippen molar-refractivity contribution in [2.24, 2.45) is 0 Å². The summed E-state index contributed by atoms with van der Waals surface area (Å²) in [5.74, 6) is -0.270. The normalized spacial score (nSPS) is 16.7. The molecule has 0 spiro atoms. The molecule has 6 heteroatoms. The number of likely N-dealkylation sites (tertiary alicyclic amines) is 1. The number of aliphatic hydroxyl groups excluding tert-OH is 1. The third-order valence-corrected chi connectivity index (χ3v) is 7.01. The van der Waals surface area contributed by atoms with Gasteiger partial charge in [-0.25, -0.2) is 0 Å². The fourth-order valence-electron chi connectivity index (χ4n) is 5.08. The lowest BCUT2D eigenvalue weighted by Gasteiger charge is -2.26. The minimum Gasteiger partial charge on any atom is -0.507 e. The molecular formula is C32H29NO5. The molecule has 192 valence electrons. The van der Waals surface area contributed by atoms with Crippen molar-refractivity contribution in [1.29, 1.82) is 0 Å². The molecule has 0 aromatic heterocycles. The summed E-state index contributed by atoms with van der Waals surface area (Å²) < 4.78 is 10.7. The maximum absolute atomic E-state index is 13.4. The molecule has 1 amide bonds. The average Bonchev–Trinajstić information content (AvgIpc) is 3.20. The molecule has 0 bridgehead atoms. The molecule has 1 unspecified atom stereocenters. The highest BCUT2D eigenvalue weighted by Crippen LogP contribution is 2.40. The van der Waals surface area contributed by atoms with Crippen LogP contribution in [0, 0.1) is 6.92 Å². The van der Waals surface area contributed by atoms with E-state index in [9.17, 15) is 14.7 Å². The second kappa shape index (κ2) is 10.4. The highest BCUT2D eigenvalue weighted by atomic mass is 16.5. The summed E-state index contributed by atoms with van der Waals surface area (Å²) in [5, 5.41) is 13.4. The number of carbonyl (C=O) groups excluding carboxylic acids is 2. The first-order valence-electron chi connectivity index (χ1n) is 12.5. The average molecular weight is 508 g/mol. The Morgan fingerprint density at radius 3 is 2.34 bits per heavy atom. The predicted octanol–water partition coefficient (Wildman–Crippen LogP) is 5.83. The van der Waals surface area contributed by atoms with Crippen molar-refractivity contribution < 1.29 is 24.2 Å². The number of Topliss-reactive ketones (excluding diaryl/α,β-unsaturated/α-hetero) is 1. The number of aliphatic hydroxyl groups is 1. The van der Waals surface area contributed by atoms with Crippen LogP contribution in [0.25, 0.3) is 16.5 Å². The fraction of sp³-hybridized carbons (Fsp3) is 0.188. The van der Waals surface area contributed by atoms with Crippen molar-refractivity contribution in [3.8, 4) is 11.5 Å². The number of fused-ring (bicyclic) bond motifs is 1. The van der Waals surface area contributed by atoms with Crippen LogP contribution in [0.15, 0.2) is 90.5 Å². The minimum atomic E-state index is -0.707. The van der Waals surface area contributed by atoms with E-state index in [-0.39, 0.29) is 17.9 Å².